The molecule has 2 atom stereocenters. The molecule has 0 fully saturated rings. The van der Waals surface area contributed by atoms with Gasteiger partial charge in [-0.3, -0.25) is 4.79 Å². The minimum atomic E-state index is -1.74. The van der Waals surface area contributed by atoms with Crippen LogP contribution in [0, 0.1) is 0 Å². The highest BCUT2D eigenvalue weighted by atomic mass is 16.5. The van der Waals surface area contributed by atoms with E-state index in [-0.39, 0.29) is 17.7 Å². The second-order valence-electron chi connectivity index (χ2n) is 4.55. The molecule has 0 bridgehead atoms. The van der Waals surface area contributed by atoms with Crippen LogP contribution in [0.2, 0.25) is 0 Å². The number of rotatable bonds is 5. The van der Waals surface area contributed by atoms with Crippen LogP contribution in [0.15, 0.2) is 36.4 Å². The summed E-state index contributed by atoms with van der Waals surface area (Å²) in [6, 6.07) is 10.4. The van der Waals surface area contributed by atoms with Gasteiger partial charge in [0, 0.05) is 11.1 Å². The van der Waals surface area contributed by atoms with Gasteiger partial charge in [-0.15, -0.1) is 0 Å². The SMILES string of the molecule is CCOC(=O)C(O)C(O)c1c(C=O)ccc2ccccc12. The molecule has 110 valence electrons. The molecule has 0 amide bonds. The van der Waals surface area contributed by atoms with Gasteiger partial charge in [-0.25, -0.2) is 4.79 Å². The average Bonchev–Trinajstić information content (AvgIpc) is 2.52. The smallest absolute Gasteiger partial charge is 0.338 e. The number of benzene rings is 2. The second-order valence-corrected chi connectivity index (χ2v) is 4.55. The van der Waals surface area contributed by atoms with E-state index in [4.69, 9.17) is 4.74 Å². The summed E-state index contributed by atoms with van der Waals surface area (Å²) in [7, 11) is 0. The number of ether oxygens (including phenoxy) is 1. The van der Waals surface area contributed by atoms with Crippen molar-refractivity contribution in [2.24, 2.45) is 0 Å². The van der Waals surface area contributed by atoms with Crippen LogP contribution in [0.1, 0.15) is 28.9 Å². The lowest BCUT2D eigenvalue weighted by Crippen LogP contribution is -2.30. The first-order valence-electron chi connectivity index (χ1n) is 6.59. The van der Waals surface area contributed by atoms with E-state index in [0.29, 0.717) is 11.7 Å². The van der Waals surface area contributed by atoms with Crippen LogP contribution in [0.5, 0.6) is 0 Å². The van der Waals surface area contributed by atoms with Gasteiger partial charge in [-0.2, -0.15) is 0 Å². The van der Waals surface area contributed by atoms with E-state index in [1.54, 1.807) is 31.2 Å². The van der Waals surface area contributed by atoms with Gasteiger partial charge in [0.2, 0.25) is 0 Å². The molecule has 21 heavy (non-hydrogen) atoms. The summed E-state index contributed by atoms with van der Waals surface area (Å²) >= 11 is 0. The molecule has 2 unspecified atom stereocenters. The highest BCUT2D eigenvalue weighted by Crippen LogP contribution is 2.29. The summed E-state index contributed by atoms with van der Waals surface area (Å²) in [5, 5.41) is 21.6. The summed E-state index contributed by atoms with van der Waals surface area (Å²) in [6.07, 6.45) is -2.69. The summed E-state index contributed by atoms with van der Waals surface area (Å²) in [5.74, 6) is -0.921. The van der Waals surface area contributed by atoms with Gasteiger partial charge in [-0.1, -0.05) is 36.4 Å². The third kappa shape index (κ3) is 2.94. The van der Waals surface area contributed by atoms with Gasteiger partial charge < -0.3 is 14.9 Å². The van der Waals surface area contributed by atoms with Crippen molar-refractivity contribution in [1.82, 2.24) is 0 Å². The Morgan fingerprint density at radius 3 is 2.62 bits per heavy atom. The van der Waals surface area contributed by atoms with Crippen LogP contribution < -0.4 is 0 Å². The summed E-state index contributed by atoms with van der Waals surface area (Å²) in [5.41, 5.74) is 0.452. The Morgan fingerprint density at radius 2 is 1.95 bits per heavy atom. The fourth-order valence-electron chi connectivity index (χ4n) is 2.26. The molecule has 2 N–H and O–H groups in total. The molecule has 0 saturated heterocycles. The number of esters is 1. The van der Waals surface area contributed by atoms with Crippen molar-refractivity contribution >= 4 is 23.0 Å². The molecule has 0 aliphatic rings. The number of hydrogen-bond acceptors (Lipinski definition) is 5. The second kappa shape index (κ2) is 6.47. The van der Waals surface area contributed by atoms with Gasteiger partial charge in [0.25, 0.3) is 0 Å². The number of aliphatic hydroxyl groups excluding tert-OH is 2. The first-order valence-corrected chi connectivity index (χ1v) is 6.59. The zero-order valence-corrected chi connectivity index (χ0v) is 11.5. The Morgan fingerprint density at radius 1 is 1.24 bits per heavy atom. The highest BCUT2D eigenvalue weighted by Gasteiger charge is 2.29. The summed E-state index contributed by atoms with van der Waals surface area (Å²) < 4.78 is 4.69. The molecule has 0 aliphatic carbocycles. The molecule has 0 heterocycles. The maximum absolute atomic E-state index is 11.6. The highest BCUT2D eigenvalue weighted by molar-refractivity contribution is 5.94. The molecule has 0 aromatic heterocycles. The molecule has 2 rings (SSSR count). The molecular weight excluding hydrogens is 272 g/mol. The number of carbonyl (C=O) groups is 2. The number of hydrogen-bond donors (Lipinski definition) is 2. The summed E-state index contributed by atoms with van der Waals surface area (Å²) in [4.78, 5) is 22.8. The largest absolute Gasteiger partial charge is 0.464 e. The first-order chi connectivity index (χ1) is 10.1. The Balaban J connectivity index is 2.53. The van der Waals surface area contributed by atoms with Gasteiger partial charge in [0.1, 0.15) is 12.4 Å². The molecule has 0 radical (unpaired) electrons. The Kier molecular flexibility index (Phi) is 4.67. The lowest BCUT2D eigenvalue weighted by molar-refractivity contribution is -0.159. The standard InChI is InChI=1S/C16H16O5/c1-2-21-16(20)15(19)14(18)13-11(9-17)8-7-10-5-3-4-6-12(10)13/h3-9,14-15,18-19H,2H2,1H3. The van der Waals surface area contributed by atoms with E-state index in [1.165, 1.54) is 0 Å². The van der Waals surface area contributed by atoms with Gasteiger partial charge in [0.05, 0.1) is 6.61 Å². The quantitative estimate of drug-likeness (QED) is 0.645. The van der Waals surface area contributed by atoms with Gasteiger partial charge in [0.15, 0.2) is 6.10 Å². The van der Waals surface area contributed by atoms with Crippen molar-refractivity contribution in [2.75, 3.05) is 6.61 Å². The maximum atomic E-state index is 11.6. The number of aldehydes is 1. The van der Waals surface area contributed by atoms with Crippen molar-refractivity contribution in [3.8, 4) is 0 Å². The predicted octanol–water partition coefficient (Wildman–Crippen LogP) is 1.61. The van der Waals surface area contributed by atoms with E-state index >= 15 is 0 Å². The number of aliphatic hydroxyl groups is 2. The lowest BCUT2D eigenvalue weighted by atomic mass is 9.93. The maximum Gasteiger partial charge on any atom is 0.338 e. The minimum absolute atomic E-state index is 0.0959. The van der Waals surface area contributed by atoms with Crippen molar-refractivity contribution in [3.63, 3.8) is 0 Å². The first kappa shape index (κ1) is 15.2. The molecule has 2 aromatic rings. The lowest BCUT2D eigenvalue weighted by Gasteiger charge is -2.20. The summed E-state index contributed by atoms with van der Waals surface area (Å²) in [6.45, 7) is 1.70. The van der Waals surface area contributed by atoms with E-state index in [2.05, 4.69) is 0 Å². The van der Waals surface area contributed by atoms with E-state index < -0.39 is 18.2 Å². The molecule has 2 aromatic carbocycles. The molecule has 5 heteroatoms. The van der Waals surface area contributed by atoms with Crippen molar-refractivity contribution < 1.29 is 24.5 Å². The third-order valence-corrected chi connectivity index (χ3v) is 3.25. The minimum Gasteiger partial charge on any atom is -0.464 e. The van der Waals surface area contributed by atoms with Crippen LogP contribution in [0.25, 0.3) is 10.8 Å². The number of fused-ring (bicyclic) bond motifs is 1. The molecule has 5 nitrogen and oxygen atoms in total. The molecular formula is C16H16O5. The zero-order chi connectivity index (χ0) is 15.4. The monoisotopic (exact) mass is 288 g/mol. The molecule has 0 spiro atoms. The fraction of sp³-hybridized carbons (Fsp3) is 0.250. The molecule has 0 saturated carbocycles. The van der Waals surface area contributed by atoms with Crippen LogP contribution in [0.3, 0.4) is 0 Å². The van der Waals surface area contributed by atoms with Crippen LogP contribution in [0.4, 0.5) is 0 Å². The van der Waals surface area contributed by atoms with E-state index in [0.717, 1.165) is 5.39 Å². The molecule has 0 aliphatic heterocycles. The zero-order valence-electron chi connectivity index (χ0n) is 11.5. The van der Waals surface area contributed by atoms with Crippen molar-refractivity contribution in [2.45, 2.75) is 19.1 Å². The fourth-order valence-corrected chi connectivity index (χ4v) is 2.26. The van der Waals surface area contributed by atoms with E-state index in [9.17, 15) is 19.8 Å². The van der Waals surface area contributed by atoms with Gasteiger partial charge in [-0.05, 0) is 17.7 Å². The van der Waals surface area contributed by atoms with Crippen molar-refractivity contribution in [1.29, 1.82) is 0 Å². The normalized spacial score (nSPS) is 13.7. The topological polar surface area (TPSA) is 83.8 Å². The average molecular weight is 288 g/mol. The Hall–Kier alpha value is -2.24. The third-order valence-electron chi connectivity index (χ3n) is 3.25. The van der Waals surface area contributed by atoms with Crippen LogP contribution in [-0.2, 0) is 9.53 Å². The Labute approximate surface area is 121 Å². The number of carbonyl (C=O) groups excluding carboxylic acids is 2. The Bertz CT molecular complexity index is 665. The predicted molar refractivity (Wildman–Crippen MR) is 76.9 cm³/mol. The van der Waals surface area contributed by atoms with Crippen LogP contribution >= 0.6 is 0 Å². The van der Waals surface area contributed by atoms with Crippen LogP contribution in [-0.4, -0.2) is 35.2 Å². The van der Waals surface area contributed by atoms with Gasteiger partial charge >= 0.3 is 5.97 Å². The van der Waals surface area contributed by atoms with Crippen molar-refractivity contribution in [3.05, 3.63) is 47.5 Å². The van der Waals surface area contributed by atoms with E-state index in [1.807, 2.05) is 12.1 Å².